The Kier molecular flexibility index (Phi) is 4.72. The van der Waals surface area contributed by atoms with Crippen molar-refractivity contribution < 1.29 is 17.9 Å². The Hall–Kier alpha value is -1.41. The number of benzene rings is 2. The maximum absolute atomic E-state index is 12.5. The van der Waals surface area contributed by atoms with Gasteiger partial charge >= 0.3 is 0 Å². The Morgan fingerprint density at radius 3 is 2.39 bits per heavy atom. The second-order valence-corrected chi connectivity index (χ2v) is 7.86. The summed E-state index contributed by atoms with van der Waals surface area (Å²) >= 11 is 3.39. The normalized spacial score (nSPS) is 15.7. The molecule has 0 aromatic heterocycles. The fraction of sp³-hybridized carbons (Fsp3) is 0.250. The average Bonchev–Trinajstić information content (AvgIpc) is 3.00. The molecular formula is C16H16BrNO4S. The minimum Gasteiger partial charge on any atom is -0.346 e. The number of nitrogens with one attached hydrogen (secondary N) is 1. The zero-order valence-corrected chi connectivity index (χ0v) is 14.9. The van der Waals surface area contributed by atoms with Crippen LogP contribution in [0.5, 0.6) is 0 Å². The number of ether oxygens (including phenoxy) is 2. The zero-order valence-electron chi connectivity index (χ0n) is 12.5. The van der Waals surface area contributed by atoms with Crippen LogP contribution in [0.15, 0.2) is 51.8 Å². The van der Waals surface area contributed by atoms with E-state index in [0.29, 0.717) is 18.9 Å². The standard InChI is InChI=1S/C16H16BrNO4S/c1-11-2-4-15(5-3-11)23(19,20)18-14-9-12(8-13(17)10-14)16-21-6-7-22-16/h2-5,8-10,16,18H,6-7H2,1H3. The van der Waals surface area contributed by atoms with Crippen LogP contribution in [-0.4, -0.2) is 21.6 Å². The van der Waals surface area contributed by atoms with E-state index in [1.165, 1.54) is 0 Å². The fourth-order valence-electron chi connectivity index (χ4n) is 2.29. The minimum absolute atomic E-state index is 0.220. The molecule has 0 radical (unpaired) electrons. The highest BCUT2D eigenvalue weighted by Crippen LogP contribution is 2.30. The predicted octanol–water partition coefficient (Wildman–Crippen LogP) is 3.60. The molecule has 0 aliphatic carbocycles. The van der Waals surface area contributed by atoms with E-state index in [1.807, 2.05) is 13.0 Å². The van der Waals surface area contributed by atoms with Crippen molar-refractivity contribution in [2.45, 2.75) is 18.1 Å². The zero-order chi connectivity index (χ0) is 16.4. The number of anilines is 1. The lowest BCUT2D eigenvalue weighted by Gasteiger charge is -2.13. The summed E-state index contributed by atoms with van der Waals surface area (Å²) in [6, 6.07) is 12.0. The van der Waals surface area contributed by atoms with Crippen molar-refractivity contribution in [3.05, 3.63) is 58.1 Å². The van der Waals surface area contributed by atoms with Crippen molar-refractivity contribution in [3.63, 3.8) is 0 Å². The monoisotopic (exact) mass is 397 g/mol. The summed E-state index contributed by atoms with van der Waals surface area (Å²) in [5, 5.41) is 0. The first-order valence-corrected chi connectivity index (χ1v) is 9.35. The second kappa shape index (κ2) is 6.60. The molecule has 0 saturated carbocycles. The van der Waals surface area contributed by atoms with E-state index < -0.39 is 16.3 Å². The van der Waals surface area contributed by atoms with Crippen LogP contribution in [0.3, 0.4) is 0 Å². The molecule has 3 rings (SSSR count). The molecule has 0 atom stereocenters. The van der Waals surface area contributed by atoms with Gasteiger partial charge in [0.15, 0.2) is 6.29 Å². The summed E-state index contributed by atoms with van der Waals surface area (Å²) in [6.45, 7) is 2.97. The molecule has 1 aliphatic rings. The molecule has 0 amide bonds. The Bertz CT molecular complexity index is 799. The van der Waals surface area contributed by atoms with Gasteiger partial charge in [0, 0.05) is 10.0 Å². The van der Waals surface area contributed by atoms with Crippen molar-refractivity contribution in [1.82, 2.24) is 0 Å². The molecule has 122 valence electrons. The molecular weight excluding hydrogens is 382 g/mol. The number of rotatable bonds is 4. The van der Waals surface area contributed by atoms with Crippen LogP contribution in [0.4, 0.5) is 5.69 Å². The van der Waals surface area contributed by atoms with Gasteiger partial charge in [-0.15, -0.1) is 0 Å². The molecule has 2 aromatic rings. The molecule has 0 bridgehead atoms. The van der Waals surface area contributed by atoms with Crippen LogP contribution >= 0.6 is 15.9 Å². The van der Waals surface area contributed by atoms with Crippen molar-refractivity contribution in [2.75, 3.05) is 17.9 Å². The molecule has 1 saturated heterocycles. The lowest BCUT2D eigenvalue weighted by molar-refractivity contribution is -0.0441. The molecule has 23 heavy (non-hydrogen) atoms. The van der Waals surface area contributed by atoms with Gasteiger partial charge < -0.3 is 9.47 Å². The second-order valence-electron chi connectivity index (χ2n) is 5.27. The van der Waals surface area contributed by atoms with Gasteiger partial charge in [-0.2, -0.15) is 0 Å². The van der Waals surface area contributed by atoms with Gasteiger partial charge in [0.1, 0.15) is 0 Å². The van der Waals surface area contributed by atoms with E-state index in [9.17, 15) is 8.42 Å². The van der Waals surface area contributed by atoms with Crippen molar-refractivity contribution in [3.8, 4) is 0 Å². The number of hydrogen-bond donors (Lipinski definition) is 1. The number of hydrogen-bond acceptors (Lipinski definition) is 4. The Labute approximate surface area is 143 Å². The molecule has 1 heterocycles. The van der Waals surface area contributed by atoms with Crippen LogP contribution in [-0.2, 0) is 19.5 Å². The van der Waals surface area contributed by atoms with Crippen LogP contribution in [0, 0.1) is 6.92 Å². The smallest absolute Gasteiger partial charge is 0.261 e. The quantitative estimate of drug-likeness (QED) is 0.855. The Balaban J connectivity index is 1.88. The van der Waals surface area contributed by atoms with Crippen molar-refractivity contribution in [1.29, 1.82) is 0 Å². The first-order valence-electron chi connectivity index (χ1n) is 7.07. The summed E-state index contributed by atoms with van der Waals surface area (Å²) in [6.07, 6.45) is -0.463. The molecule has 1 fully saturated rings. The molecule has 5 nitrogen and oxygen atoms in total. The number of halogens is 1. The van der Waals surface area contributed by atoms with Crippen LogP contribution in [0.1, 0.15) is 17.4 Å². The Morgan fingerprint density at radius 1 is 1.09 bits per heavy atom. The molecule has 7 heteroatoms. The van der Waals surface area contributed by atoms with E-state index in [4.69, 9.17) is 9.47 Å². The summed E-state index contributed by atoms with van der Waals surface area (Å²) in [7, 11) is -3.64. The van der Waals surface area contributed by atoms with E-state index >= 15 is 0 Å². The van der Waals surface area contributed by atoms with Gasteiger partial charge in [-0.05, 0) is 37.3 Å². The van der Waals surface area contributed by atoms with Crippen LogP contribution in [0.25, 0.3) is 0 Å². The predicted molar refractivity (Wildman–Crippen MR) is 90.8 cm³/mol. The average molecular weight is 398 g/mol. The maximum Gasteiger partial charge on any atom is 0.261 e. The lowest BCUT2D eigenvalue weighted by atomic mass is 10.2. The van der Waals surface area contributed by atoms with Gasteiger partial charge in [0.05, 0.1) is 23.8 Å². The van der Waals surface area contributed by atoms with Crippen molar-refractivity contribution >= 4 is 31.6 Å². The molecule has 0 spiro atoms. The van der Waals surface area contributed by atoms with Crippen LogP contribution < -0.4 is 4.72 Å². The first kappa shape index (κ1) is 16.4. The Morgan fingerprint density at radius 2 is 1.74 bits per heavy atom. The number of aryl methyl sites for hydroxylation is 1. The molecule has 1 N–H and O–H groups in total. The highest BCUT2D eigenvalue weighted by Gasteiger charge is 2.20. The summed E-state index contributed by atoms with van der Waals surface area (Å²) in [4.78, 5) is 0.220. The first-order chi connectivity index (χ1) is 10.9. The van der Waals surface area contributed by atoms with E-state index in [2.05, 4.69) is 20.7 Å². The fourth-order valence-corrected chi connectivity index (χ4v) is 3.84. The van der Waals surface area contributed by atoms with Gasteiger partial charge in [0.2, 0.25) is 0 Å². The topological polar surface area (TPSA) is 64.6 Å². The maximum atomic E-state index is 12.5. The minimum atomic E-state index is -3.64. The largest absolute Gasteiger partial charge is 0.346 e. The van der Waals surface area contributed by atoms with Gasteiger partial charge in [-0.25, -0.2) is 8.42 Å². The van der Waals surface area contributed by atoms with Crippen LogP contribution in [0.2, 0.25) is 0 Å². The van der Waals surface area contributed by atoms with E-state index in [1.54, 1.807) is 36.4 Å². The summed E-state index contributed by atoms with van der Waals surface area (Å²) in [5.74, 6) is 0. The number of sulfonamides is 1. The van der Waals surface area contributed by atoms with Gasteiger partial charge in [-0.1, -0.05) is 33.6 Å². The van der Waals surface area contributed by atoms with Crippen molar-refractivity contribution in [2.24, 2.45) is 0 Å². The third-order valence-corrected chi connectivity index (χ3v) is 5.25. The molecule has 2 aromatic carbocycles. The summed E-state index contributed by atoms with van der Waals surface area (Å²) in [5.41, 5.74) is 2.22. The molecule has 1 aliphatic heterocycles. The SMILES string of the molecule is Cc1ccc(S(=O)(=O)Nc2cc(Br)cc(C3OCCO3)c2)cc1. The van der Waals surface area contributed by atoms with E-state index in [0.717, 1.165) is 15.6 Å². The highest BCUT2D eigenvalue weighted by atomic mass is 79.9. The molecule has 0 unspecified atom stereocenters. The summed E-state index contributed by atoms with van der Waals surface area (Å²) < 4.78 is 39.2. The highest BCUT2D eigenvalue weighted by molar-refractivity contribution is 9.10. The third kappa shape index (κ3) is 3.92. The van der Waals surface area contributed by atoms with Gasteiger partial charge in [-0.3, -0.25) is 4.72 Å². The third-order valence-electron chi connectivity index (χ3n) is 3.40. The van der Waals surface area contributed by atoms with Gasteiger partial charge in [0.25, 0.3) is 10.0 Å². The lowest BCUT2D eigenvalue weighted by Crippen LogP contribution is -2.13. The van der Waals surface area contributed by atoms with E-state index in [-0.39, 0.29) is 4.90 Å².